The van der Waals surface area contributed by atoms with E-state index in [1.807, 2.05) is 20.2 Å². The van der Waals surface area contributed by atoms with Gasteiger partial charge in [-0.2, -0.15) is 15.3 Å². The molecule has 0 spiro atoms. The smallest absolute Gasteiger partial charge is 0.327 e. The van der Waals surface area contributed by atoms with E-state index in [0.717, 1.165) is 68.6 Å². The number of esters is 1. The molecule has 0 N–H and O–H groups in total. The number of hydrogen-bond acceptors (Lipinski definition) is 8. The van der Waals surface area contributed by atoms with Crippen molar-refractivity contribution in [2.75, 3.05) is 20.3 Å². The molecule has 0 aliphatic carbocycles. The zero-order chi connectivity index (χ0) is 39.5. The van der Waals surface area contributed by atoms with Crippen LogP contribution in [0.3, 0.4) is 0 Å². The topological polar surface area (TPSA) is 101 Å². The number of aromatic nitrogens is 6. The van der Waals surface area contributed by atoms with E-state index in [4.69, 9.17) is 19.3 Å². The first-order valence-corrected chi connectivity index (χ1v) is 22.8. The van der Waals surface area contributed by atoms with Crippen LogP contribution in [0, 0.1) is 22.0 Å². The van der Waals surface area contributed by atoms with Crippen LogP contribution in [0.2, 0.25) is 16.6 Å². The Morgan fingerprint density at radius 2 is 1.78 bits per heavy atom. The first-order chi connectivity index (χ1) is 25.6. The maximum atomic E-state index is 12.2. The highest BCUT2D eigenvalue weighted by molar-refractivity contribution is 14.1. The molecular weight excluding hydrogens is 809 g/mol. The van der Waals surface area contributed by atoms with Gasteiger partial charge in [-0.05, 0) is 104 Å². The number of fused-ring (bicyclic) bond motifs is 1. The molecule has 4 heterocycles. The van der Waals surface area contributed by atoms with E-state index < -0.39 is 8.07 Å². The molecule has 1 unspecified atom stereocenters. The van der Waals surface area contributed by atoms with Gasteiger partial charge >= 0.3 is 5.97 Å². The van der Waals surface area contributed by atoms with Crippen molar-refractivity contribution in [2.45, 2.75) is 137 Å². The number of carbonyl (C=O) groups excluding carboxylic acids is 1. The summed E-state index contributed by atoms with van der Waals surface area (Å²) < 4.78 is 24.6. The minimum atomic E-state index is -2.00. The van der Waals surface area contributed by atoms with Gasteiger partial charge in [-0.15, -0.1) is 5.54 Å². The number of benzene rings is 1. The average molecular weight is 870 g/mol. The lowest BCUT2D eigenvalue weighted by Gasteiger charge is -2.38. The van der Waals surface area contributed by atoms with Crippen LogP contribution in [-0.4, -0.2) is 80.7 Å². The SMILES string of the molecule is COC(=O)Cn1nc(C)c(I)c1CN(C[C@H](C)Oc1c(-c2ccc3c(c2)c(C#C[Si](C(C)C)(C(C)C)C(C)C)nn3C2CCCCO2)cnn1C)C(C)C. The highest BCUT2D eigenvalue weighted by Gasteiger charge is 2.42. The molecule has 0 bridgehead atoms. The molecule has 0 radical (unpaired) electrons. The molecule has 54 heavy (non-hydrogen) atoms. The van der Waals surface area contributed by atoms with Crippen molar-refractivity contribution >= 4 is 47.5 Å². The highest BCUT2D eigenvalue weighted by atomic mass is 127. The molecule has 5 rings (SSSR count). The van der Waals surface area contributed by atoms with Gasteiger partial charge in [-0.25, -0.2) is 9.36 Å². The fourth-order valence-electron chi connectivity index (χ4n) is 8.19. The van der Waals surface area contributed by atoms with Gasteiger partial charge in [0.05, 0.1) is 39.3 Å². The summed E-state index contributed by atoms with van der Waals surface area (Å²) in [6, 6.07) is 6.71. The fourth-order valence-corrected chi connectivity index (χ4v) is 13.9. The lowest BCUT2D eigenvalue weighted by Crippen LogP contribution is -2.43. The van der Waals surface area contributed by atoms with Crippen LogP contribution in [-0.2, 0) is 34.4 Å². The minimum Gasteiger partial charge on any atom is -0.473 e. The molecule has 13 heteroatoms. The fraction of sp³-hybridized carbons (Fsp3) is 0.610. The molecule has 2 atom stereocenters. The molecule has 3 aromatic heterocycles. The van der Waals surface area contributed by atoms with Crippen LogP contribution < -0.4 is 4.74 Å². The number of methoxy groups -OCH3 is 1. The second kappa shape index (κ2) is 17.7. The molecule has 0 amide bonds. The number of carbonyl (C=O) groups is 1. The first kappa shape index (κ1) is 42.0. The van der Waals surface area contributed by atoms with Gasteiger partial charge in [0.2, 0.25) is 5.88 Å². The van der Waals surface area contributed by atoms with Gasteiger partial charge in [-0.3, -0.25) is 14.4 Å². The molecular formula is C41H60IN7O4Si. The number of rotatable bonds is 14. The highest BCUT2D eigenvalue weighted by Crippen LogP contribution is 2.41. The lowest BCUT2D eigenvalue weighted by atomic mass is 10.1. The number of hydrogen-bond donors (Lipinski definition) is 0. The standard InChI is InChI=1S/C41H60IN7O4Si/c1-26(2)47(24-37-40(42)31(10)44-48(37)25-39(50)51-12)23-30(9)53-41-34(22-43-46(41)11)32-16-17-36-33(21-32)35(45-49(36)38-15-13-14-19-52-38)18-20-54(27(3)4,28(5)6)29(7)8/h16-17,21-22,26-30,38H,13-15,19,23-25H2,1-12H3/t30-,38?/m0/s1. The maximum absolute atomic E-state index is 12.2. The second-order valence-electron chi connectivity index (χ2n) is 16.0. The summed E-state index contributed by atoms with van der Waals surface area (Å²) in [6.45, 7) is 24.6. The predicted molar refractivity (Wildman–Crippen MR) is 226 cm³/mol. The maximum Gasteiger partial charge on any atom is 0.327 e. The summed E-state index contributed by atoms with van der Waals surface area (Å²) in [7, 11) is 1.33. The van der Waals surface area contributed by atoms with Crippen LogP contribution in [0.4, 0.5) is 0 Å². The van der Waals surface area contributed by atoms with Gasteiger partial charge in [0.25, 0.3) is 0 Å². The van der Waals surface area contributed by atoms with Gasteiger partial charge in [0, 0.05) is 38.2 Å². The minimum absolute atomic E-state index is 0.0757. The Morgan fingerprint density at radius 3 is 2.39 bits per heavy atom. The van der Waals surface area contributed by atoms with Crippen molar-refractivity contribution in [2.24, 2.45) is 7.05 Å². The third-order valence-electron chi connectivity index (χ3n) is 11.1. The summed E-state index contributed by atoms with van der Waals surface area (Å²) in [4.78, 5) is 14.5. The van der Waals surface area contributed by atoms with E-state index in [-0.39, 0.29) is 30.9 Å². The van der Waals surface area contributed by atoms with E-state index >= 15 is 0 Å². The van der Waals surface area contributed by atoms with E-state index in [9.17, 15) is 4.79 Å². The second-order valence-corrected chi connectivity index (χ2v) is 22.7. The zero-order valence-electron chi connectivity index (χ0n) is 34.4. The first-order valence-electron chi connectivity index (χ1n) is 19.5. The quantitative estimate of drug-likeness (QED) is 0.0538. The number of ether oxygens (including phenoxy) is 3. The van der Waals surface area contributed by atoms with Crippen molar-refractivity contribution in [3.05, 3.63) is 45.0 Å². The third-order valence-corrected chi connectivity index (χ3v) is 18.8. The van der Waals surface area contributed by atoms with Crippen molar-refractivity contribution < 1.29 is 19.0 Å². The number of halogens is 1. The van der Waals surface area contributed by atoms with Gasteiger partial charge in [0.15, 0.2) is 6.23 Å². The van der Waals surface area contributed by atoms with Gasteiger partial charge in [0.1, 0.15) is 26.4 Å². The van der Waals surface area contributed by atoms with Crippen molar-refractivity contribution in [1.82, 2.24) is 34.2 Å². The summed E-state index contributed by atoms with van der Waals surface area (Å²) in [5, 5.41) is 15.5. The molecule has 1 aliphatic heterocycles. The molecule has 294 valence electrons. The summed E-state index contributed by atoms with van der Waals surface area (Å²) in [5.74, 6) is 4.05. The van der Waals surface area contributed by atoms with Gasteiger partial charge < -0.3 is 14.2 Å². The Bertz CT molecular complexity index is 1960. The van der Waals surface area contributed by atoms with E-state index in [1.54, 1.807) is 9.36 Å². The Labute approximate surface area is 336 Å². The van der Waals surface area contributed by atoms with Crippen LogP contribution in [0.25, 0.3) is 22.0 Å². The van der Waals surface area contributed by atoms with Crippen LogP contribution in [0.1, 0.15) is 105 Å². The summed E-state index contributed by atoms with van der Waals surface area (Å²) >= 11 is 2.32. The zero-order valence-corrected chi connectivity index (χ0v) is 37.5. The Morgan fingerprint density at radius 1 is 1.07 bits per heavy atom. The Balaban J connectivity index is 1.48. The molecule has 1 saturated heterocycles. The Hall–Kier alpha value is -3.19. The normalized spacial score (nSPS) is 15.9. The van der Waals surface area contributed by atoms with Crippen LogP contribution in [0.15, 0.2) is 24.4 Å². The molecule has 1 aliphatic rings. The molecule has 1 fully saturated rings. The molecule has 4 aromatic rings. The number of aryl methyl sites for hydroxylation is 2. The van der Waals surface area contributed by atoms with E-state index in [1.165, 1.54) is 7.11 Å². The van der Waals surface area contributed by atoms with Crippen molar-refractivity contribution in [1.29, 1.82) is 0 Å². The summed E-state index contributed by atoms with van der Waals surface area (Å²) in [6.07, 6.45) is 4.75. The van der Waals surface area contributed by atoms with E-state index in [2.05, 4.69) is 134 Å². The van der Waals surface area contributed by atoms with Crippen LogP contribution >= 0.6 is 22.6 Å². The molecule has 0 saturated carbocycles. The van der Waals surface area contributed by atoms with E-state index in [0.29, 0.717) is 35.6 Å². The van der Waals surface area contributed by atoms with Crippen molar-refractivity contribution in [3.63, 3.8) is 0 Å². The average Bonchev–Trinajstić information content (AvgIpc) is 3.76. The van der Waals surface area contributed by atoms with Crippen molar-refractivity contribution in [3.8, 4) is 28.5 Å². The predicted octanol–water partition coefficient (Wildman–Crippen LogP) is 8.67. The van der Waals surface area contributed by atoms with Crippen LogP contribution in [0.5, 0.6) is 5.88 Å². The largest absolute Gasteiger partial charge is 0.473 e. The lowest BCUT2D eigenvalue weighted by molar-refractivity contribution is -0.141. The molecule has 1 aromatic carbocycles. The molecule has 11 nitrogen and oxygen atoms in total. The number of nitrogens with zero attached hydrogens (tertiary/aromatic N) is 7. The summed E-state index contributed by atoms with van der Waals surface area (Å²) in [5.41, 5.74) is 11.1. The Kier molecular flexibility index (Phi) is 13.8. The van der Waals surface area contributed by atoms with Gasteiger partial charge in [-0.1, -0.05) is 53.5 Å². The third kappa shape index (κ3) is 8.77. The monoisotopic (exact) mass is 869 g/mol.